The molecule has 0 unspecified atom stereocenters. The molecule has 3 heterocycles. The van der Waals surface area contributed by atoms with Crippen LogP contribution in [0.1, 0.15) is 11.5 Å². The highest BCUT2D eigenvalue weighted by atomic mass is 32.1. The van der Waals surface area contributed by atoms with E-state index in [0.717, 1.165) is 0 Å². The Morgan fingerprint density at radius 3 is 2.91 bits per heavy atom. The van der Waals surface area contributed by atoms with E-state index in [1.807, 2.05) is 0 Å². The van der Waals surface area contributed by atoms with E-state index in [0.29, 0.717) is 21.3 Å². The second-order valence-corrected chi connectivity index (χ2v) is 5.82. The van der Waals surface area contributed by atoms with Gasteiger partial charge in [-0.3, -0.25) is 4.79 Å². The van der Waals surface area contributed by atoms with Crippen LogP contribution in [0, 0.1) is 0 Å². The normalized spacial score (nSPS) is 11.1. The van der Waals surface area contributed by atoms with Gasteiger partial charge >= 0.3 is 0 Å². The number of fused-ring (bicyclic) bond motifs is 1. The van der Waals surface area contributed by atoms with Crippen LogP contribution in [0.2, 0.25) is 0 Å². The van der Waals surface area contributed by atoms with Gasteiger partial charge in [0.15, 0.2) is 0 Å². The standard InChI is InChI=1S/C15H10N4O3S/c20-10-4-1-3-9(7-10)13-18-19-14(21)12(16-17-15(19)23-13)8-11-5-2-6-22-11/h1-7,20H,8H2. The van der Waals surface area contributed by atoms with Gasteiger partial charge in [0.2, 0.25) is 4.96 Å². The minimum Gasteiger partial charge on any atom is -0.508 e. The Bertz CT molecular complexity index is 1040. The maximum absolute atomic E-state index is 12.5. The van der Waals surface area contributed by atoms with Crippen molar-refractivity contribution in [1.82, 2.24) is 19.8 Å². The SMILES string of the molecule is O=c1c(Cc2ccco2)nnc2sc(-c3cccc(O)c3)nn12. The van der Waals surface area contributed by atoms with Crippen LogP contribution < -0.4 is 5.56 Å². The van der Waals surface area contributed by atoms with Crippen LogP contribution in [0.15, 0.2) is 51.9 Å². The van der Waals surface area contributed by atoms with E-state index in [1.165, 1.54) is 15.9 Å². The summed E-state index contributed by atoms with van der Waals surface area (Å²) >= 11 is 1.23. The molecule has 1 N–H and O–H groups in total. The highest BCUT2D eigenvalue weighted by Gasteiger charge is 2.14. The lowest BCUT2D eigenvalue weighted by atomic mass is 10.2. The van der Waals surface area contributed by atoms with Crippen molar-refractivity contribution in [3.8, 4) is 16.3 Å². The van der Waals surface area contributed by atoms with E-state index in [1.54, 1.807) is 42.7 Å². The van der Waals surface area contributed by atoms with Crippen molar-refractivity contribution >= 4 is 16.3 Å². The average Bonchev–Trinajstić information content (AvgIpc) is 3.20. The minimum atomic E-state index is -0.325. The fraction of sp³-hybridized carbons (Fsp3) is 0.0667. The summed E-state index contributed by atoms with van der Waals surface area (Å²) < 4.78 is 6.46. The number of aromatic nitrogens is 4. The second kappa shape index (κ2) is 5.33. The number of hydrogen-bond donors (Lipinski definition) is 1. The number of phenolic OH excluding ortho intramolecular Hbond substituents is 1. The van der Waals surface area contributed by atoms with E-state index in [4.69, 9.17) is 4.42 Å². The Hall–Kier alpha value is -3.00. The minimum absolute atomic E-state index is 0.138. The van der Waals surface area contributed by atoms with E-state index < -0.39 is 0 Å². The maximum Gasteiger partial charge on any atom is 0.297 e. The first-order valence-electron chi connectivity index (χ1n) is 6.78. The molecule has 0 aliphatic carbocycles. The number of hydrogen-bond acceptors (Lipinski definition) is 7. The number of benzene rings is 1. The molecule has 114 valence electrons. The molecule has 0 bridgehead atoms. The molecule has 0 spiro atoms. The molecule has 0 saturated heterocycles. The third-order valence-electron chi connectivity index (χ3n) is 3.27. The zero-order valence-electron chi connectivity index (χ0n) is 11.7. The van der Waals surface area contributed by atoms with E-state index in [2.05, 4.69) is 15.3 Å². The monoisotopic (exact) mass is 326 g/mol. The molecule has 0 amide bonds. The molecule has 0 fully saturated rings. The number of furan rings is 1. The zero-order valence-corrected chi connectivity index (χ0v) is 12.5. The van der Waals surface area contributed by atoms with Gasteiger partial charge in [-0.1, -0.05) is 23.5 Å². The lowest BCUT2D eigenvalue weighted by Crippen LogP contribution is -2.22. The Kier molecular flexibility index (Phi) is 3.16. The van der Waals surface area contributed by atoms with Gasteiger partial charge in [-0.2, -0.15) is 9.61 Å². The van der Waals surface area contributed by atoms with Crippen LogP contribution in [0.5, 0.6) is 5.75 Å². The molecule has 4 aromatic rings. The molecule has 0 saturated carbocycles. The molecule has 3 aromatic heterocycles. The van der Waals surface area contributed by atoms with Crippen LogP contribution in [-0.2, 0) is 6.42 Å². The van der Waals surface area contributed by atoms with Crippen LogP contribution in [0.4, 0.5) is 0 Å². The fourth-order valence-corrected chi connectivity index (χ4v) is 3.02. The summed E-state index contributed by atoms with van der Waals surface area (Å²) in [5, 5.41) is 22.5. The van der Waals surface area contributed by atoms with Gasteiger partial charge in [-0.15, -0.1) is 10.2 Å². The lowest BCUT2D eigenvalue weighted by Gasteiger charge is -1.96. The summed E-state index contributed by atoms with van der Waals surface area (Å²) in [6, 6.07) is 10.2. The second-order valence-electron chi connectivity index (χ2n) is 4.86. The third-order valence-corrected chi connectivity index (χ3v) is 4.22. The summed E-state index contributed by atoms with van der Waals surface area (Å²) in [4.78, 5) is 12.9. The average molecular weight is 326 g/mol. The smallest absolute Gasteiger partial charge is 0.297 e. The largest absolute Gasteiger partial charge is 0.508 e. The van der Waals surface area contributed by atoms with Crippen molar-refractivity contribution in [2.75, 3.05) is 0 Å². The summed E-state index contributed by atoms with van der Waals surface area (Å²) in [5.74, 6) is 0.776. The van der Waals surface area contributed by atoms with E-state index in [-0.39, 0.29) is 23.4 Å². The van der Waals surface area contributed by atoms with Gasteiger partial charge in [-0.05, 0) is 24.3 Å². The summed E-state index contributed by atoms with van der Waals surface area (Å²) in [6.07, 6.45) is 1.81. The molecule has 23 heavy (non-hydrogen) atoms. The molecular weight excluding hydrogens is 316 g/mol. The summed E-state index contributed by atoms with van der Waals surface area (Å²) in [7, 11) is 0. The van der Waals surface area contributed by atoms with Gasteiger partial charge in [0.05, 0.1) is 12.7 Å². The number of phenols is 1. The predicted molar refractivity (Wildman–Crippen MR) is 83.5 cm³/mol. The number of nitrogens with zero attached hydrogens (tertiary/aromatic N) is 4. The summed E-state index contributed by atoms with van der Waals surface area (Å²) in [6.45, 7) is 0. The molecule has 8 heteroatoms. The van der Waals surface area contributed by atoms with Crippen LogP contribution in [0.3, 0.4) is 0 Å². The van der Waals surface area contributed by atoms with Gasteiger partial charge in [0.25, 0.3) is 5.56 Å². The number of rotatable bonds is 3. The first-order chi connectivity index (χ1) is 11.2. The van der Waals surface area contributed by atoms with Crippen molar-refractivity contribution in [1.29, 1.82) is 0 Å². The highest BCUT2D eigenvalue weighted by Crippen LogP contribution is 2.26. The molecular formula is C15H10N4O3S. The summed E-state index contributed by atoms with van der Waals surface area (Å²) in [5.41, 5.74) is 0.659. The molecule has 0 radical (unpaired) electrons. The quantitative estimate of drug-likeness (QED) is 0.620. The molecule has 4 rings (SSSR count). The Morgan fingerprint density at radius 1 is 1.22 bits per heavy atom. The van der Waals surface area contributed by atoms with Crippen molar-refractivity contribution < 1.29 is 9.52 Å². The van der Waals surface area contributed by atoms with E-state index in [9.17, 15) is 9.90 Å². The van der Waals surface area contributed by atoms with Crippen LogP contribution in [0.25, 0.3) is 15.5 Å². The topological polar surface area (TPSA) is 93.5 Å². The Morgan fingerprint density at radius 2 is 2.13 bits per heavy atom. The van der Waals surface area contributed by atoms with Crippen molar-refractivity contribution in [2.45, 2.75) is 6.42 Å². The fourth-order valence-electron chi connectivity index (χ4n) is 2.19. The third kappa shape index (κ3) is 2.49. The molecule has 0 aliphatic rings. The van der Waals surface area contributed by atoms with Crippen molar-refractivity contribution in [2.24, 2.45) is 0 Å². The predicted octanol–water partition coefficient (Wildman–Crippen LogP) is 2.10. The molecule has 0 aliphatic heterocycles. The molecule has 7 nitrogen and oxygen atoms in total. The van der Waals surface area contributed by atoms with E-state index >= 15 is 0 Å². The van der Waals surface area contributed by atoms with Crippen LogP contribution in [-0.4, -0.2) is 24.9 Å². The van der Waals surface area contributed by atoms with Gasteiger partial charge in [0.1, 0.15) is 22.2 Å². The lowest BCUT2D eigenvalue weighted by molar-refractivity contribution is 0.475. The Balaban J connectivity index is 1.80. The molecule has 0 atom stereocenters. The van der Waals surface area contributed by atoms with Crippen molar-refractivity contribution in [3.63, 3.8) is 0 Å². The van der Waals surface area contributed by atoms with Crippen LogP contribution >= 0.6 is 11.3 Å². The first-order valence-corrected chi connectivity index (χ1v) is 7.59. The molecule has 1 aromatic carbocycles. The zero-order chi connectivity index (χ0) is 15.8. The first kappa shape index (κ1) is 13.6. The van der Waals surface area contributed by atoms with Gasteiger partial charge < -0.3 is 9.52 Å². The number of aromatic hydroxyl groups is 1. The van der Waals surface area contributed by atoms with Gasteiger partial charge in [-0.25, -0.2) is 0 Å². The van der Waals surface area contributed by atoms with Crippen molar-refractivity contribution in [3.05, 3.63) is 64.5 Å². The maximum atomic E-state index is 12.5. The Labute approximate surface area is 133 Å². The highest BCUT2D eigenvalue weighted by molar-refractivity contribution is 7.19. The van der Waals surface area contributed by atoms with Gasteiger partial charge in [0, 0.05) is 5.56 Å².